The number of carbonyl (C=O) groups excluding carboxylic acids is 2. The van der Waals surface area contributed by atoms with E-state index in [4.69, 9.17) is 9.47 Å². The van der Waals surface area contributed by atoms with Crippen molar-refractivity contribution < 1.29 is 28.7 Å². The van der Waals surface area contributed by atoms with Gasteiger partial charge in [-0.1, -0.05) is 67.0 Å². The minimum Gasteiger partial charge on any atom is -0.507 e. The number of piperidine rings is 2. The van der Waals surface area contributed by atoms with Gasteiger partial charge in [-0.05, 0) is 103 Å². The Hall–Kier alpha value is -2.12. The number of hydrogen-bond acceptors (Lipinski definition) is 6. The zero-order chi connectivity index (χ0) is 37.8. The van der Waals surface area contributed by atoms with Crippen molar-refractivity contribution in [2.75, 3.05) is 20.6 Å². The van der Waals surface area contributed by atoms with Gasteiger partial charge < -0.3 is 19.1 Å². The third-order valence-electron chi connectivity index (χ3n) is 12.7. The number of nitrogens with zero attached hydrogens (tertiary/aromatic N) is 2. The Kier molecular flexibility index (Phi) is 11.6. The average molecular weight is 686 g/mol. The number of unbranched alkanes of at least 4 members (excludes halogenated alkanes) is 1. The number of phenols is 1. The van der Waals surface area contributed by atoms with Crippen molar-refractivity contribution in [2.24, 2.45) is 5.92 Å². The molecule has 0 bridgehead atoms. The van der Waals surface area contributed by atoms with Gasteiger partial charge in [0.05, 0.1) is 24.7 Å². The van der Waals surface area contributed by atoms with Crippen LogP contribution >= 0.6 is 0 Å². The molecule has 1 atom stereocenters. The normalized spacial score (nSPS) is 26.2. The van der Waals surface area contributed by atoms with E-state index in [0.717, 1.165) is 53.4 Å². The van der Waals surface area contributed by atoms with Crippen LogP contribution < -0.4 is 0 Å². The van der Waals surface area contributed by atoms with Crippen LogP contribution in [0.15, 0.2) is 12.1 Å². The first-order valence-corrected chi connectivity index (χ1v) is 18.9. The van der Waals surface area contributed by atoms with Crippen LogP contribution in [0.25, 0.3) is 0 Å². The molecule has 1 N–H and O–H groups in total. The Morgan fingerprint density at radius 1 is 0.816 bits per heavy atom. The van der Waals surface area contributed by atoms with Crippen molar-refractivity contribution >= 4 is 11.9 Å². The van der Waals surface area contributed by atoms with E-state index in [0.29, 0.717) is 12.8 Å². The molecule has 1 aromatic carbocycles. The number of likely N-dealkylation sites (tertiary alicyclic amines) is 2. The number of esters is 2. The lowest BCUT2D eigenvalue weighted by molar-refractivity contribution is -1.00. The van der Waals surface area contributed by atoms with Crippen molar-refractivity contribution in [3.05, 3.63) is 28.8 Å². The van der Waals surface area contributed by atoms with Crippen LogP contribution in [0, 0.1) is 5.92 Å². The molecule has 1 aromatic rings. The molecule has 0 saturated carbocycles. The first-order valence-electron chi connectivity index (χ1n) is 18.9. The summed E-state index contributed by atoms with van der Waals surface area (Å²) in [5.41, 5.74) is 1.14. The molecule has 0 radical (unpaired) electrons. The summed E-state index contributed by atoms with van der Waals surface area (Å²) in [6.45, 7) is 33.6. The molecule has 2 aliphatic rings. The molecule has 0 aliphatic carbocycles. The number of phenolic OH excluding ortho intramolecular Hbond substituents is 1. The SMILES string of the molecule is CCCC[N+]1(C)C(C)(C)CC(OC(=O)C(Cc2cc(C(C)(C)C)c(O)c(C(C)(C)C)c2)C(=O)OC2CC(C)(C)N(C)C(C)(C)C2)CC1(C)C. The molecular weight excluding hydrogens is 612 g/mol. The fraction of sp³-hybridized carbons (Fsp3) is 0.810. The van der Waals surface area contributed by atoms with Crippen LogP contribution in [0.3, 0.4) is 0 Å². The molecule has 0 aromatic heterocycles. The summed E-state index contributed by atoms with van der Waals surface area (Å²) in [6, 6.07) is 3.92. The summed E-state index contributed by atoms with van der Waals surface area (Å²) in [6.07, 6.45) is 4.62. The van der Waals surface area contributed by atoms with Crippen molar-refractivity contribution in [2.45, 2.75) is 194 Å². The molecule has 7 nitrogen and oxygen atoms in total. The van der Waals surface area contributed by atoms with E-state index in [1.807, 2.05) is 12.1 Å². The maximum absolute atomic E-state index is 14.4. The first-order chi connectivity index (χ1) is 22.0. The predicted molar refractivity (Wildman–Crippen MR) is 201 cm³/mol. The summed E-state index contributed by atoms with van der Waals surface area (Å²) in [5.74, 6) is -1.88. The number of ether oxygens (including phenoxy) is 2. The van der Waals surface area contributed by atoms with Gasteiger partial charge in [0.2, 0.25) is 0 Å². The number of quaternary nitrogens is 1. The van der Waals surface area contributed by atoms with Gasteiger partial charge in [-0.15, -0.1) is 0 Å². The van der Waals surface area contributed by atoms with Crippen molar-refractivity contribution in [1.29, 1.82) is 0 Å². The zero-order valence-corrected chi connectivity index (χ0v) is 34.5. The van der Waals surface area contributed by atoms with E-state index < -0.39 is 17.9 Å². The first kappa shape index (κ1) is 41.3. The minimum absolute atomic E-state index is 0.122. The highest BCUT2D eigenvalue weighted by Gasteiger charge is 2.57. The molecule has 49 heavy (non-hydrogen) atoms. The van der Waals surface area contributed by atoms with Crippen molar-refractivity contribution in [1.82, 2.24) is 4.90 Å². The van der Waals surface area contributed by atoms with E-state index in [2.05, 4.69) is 123 Å². The number of carbonyl (C=O) groups is 2. The van der Waals surface area contributed by atoms with Gasteiger partial charge in [-0.25, -0.2) is 0 Å². The Labute approximate surface area is 300 Å². The summed E-state index contributed by atoms with van der Waals surface area (Å²) in [4.78, 5) is 31.1. The van der Waals surface area contributed by atoms with Crippen LogP contribution in [-0.2, 0) is 36.3 Å². The second kappa shape index (κ2) is 13.8. The molecule has 280 valence electrons. The third kappa shape index (κ3) is 8.68. The Balaban J connectivity index is 2.03. The summed E-state index contributed by atoms with van der Waals surface area (Å²) in [5, 5.41) is 11.4. The van der Waals surface area contributed by atoms with Crippen molar-refractivity contribution in [3.63, 3.8) is 0 Å². The van der Waals surface area contributed by atoms with E-state index in [1.165, 1.54) is 0 Å². The molecule has 2 aliphatic heterocycles. The molecule has 0 amide bonds. The number of rotatable bonds is 9. The largest absolute Gasteiger partial charge is 0.507 e. The molecule has 3 rings (SSSR count). The second-order valence-corrected chi connectivity index (χ2v) is 20.3. The maximum Gasteiger partial charge on any atom is 0.320 e. The zero-order valence-electron chi connectivity index (χ0n) is 34.5. The number of aromatic hydroxyl groups is 1. The lowest BCUT2D eigenvalue weighted by Gasteiger charge is -2.61. The van der Waals surface area contributed by atoms with Crippen LogP contribution in [0.5, 0.6) is 5.75 Å². The average Bonchev–Trinajstić information content (AvgIpc) is 2.90. The fourth-order valence-corrected chi connectivity index (χ4v) is 8.88. The highest BCUT2D eigenvalue weighted by molar-refractivity contribution is 5.95. The quantitative estimate of drug-likeness (QED) is 0.159. The monoisotopic (exact) mass is 686 g/mol. The van der Waals surface area contributed by atoms with Gasteiger partial charge in [0.25, 0.3) is 0 Å². The Morgan fingerprint density at radius 3 is 1.57 bits per heavy atom. The second-order valence-electron chi connectivity index (χ2n) is 20.3. The van der Waals surface area contributed by atoms with Crippen LogP contribution in [0.2, 0.25) is 0 Å². The predicted octanol–water partition coefficient (Wildman–Crippen LogP) is 8.85. The third-order valence-corrected chi connectivity index (χ3v) is 12.7. The molecular formula is C42H73N2O5+. The molecule has 7 heteroatoms. The Bertz CT molecular complexity index is 1290. The van der Waals surface area contributed by atoms with Crippen LogP contribution in [0.1, 0.15) is 159 Å². The van der Waals surface area contributed by atoms with Gasteiger partial charge in [0.1, 0.15) is 18.0 Å². The van der Waals surface area contributed by atoms with E-state index in [9.17, 15) is 14.7 Å². The number of benzene rings is 1. The standard InChI is InChI=1S/C42H72N2O5/c1-18-19-20-44(17)41(12,13)26-30(27-42(44,14)15)49-36(47)31(35(46)48-29-24-39(8,9)43(16)40(10,11)25-29)21-28-22-32(37(2,3)4)34(45)33(23-28)38(5,6)7/h22-23,29-31H,18-21,24-27H2,1-17H3/p+1. The number of hydrogen-bond donors (Lipinski definition) is 1. The molecule has 2 heterocycles. The fourth-order valence-electron chi connectivity index (χ4n) is 8.88. The summed E-state index contributed by atoms with van der Waals surface area (Å²) < 4.78 is 13.6. The van der Waals surface area contributed by atoms with E-state index >= 15 is 0 Å². The Morgan fingerprint density at radius 2 is 1.20 bits per heavy atom. The topological polar surface area (TPSA) is 76.1 Å². The van der Waals surface area contributed by atoms with Gasteiger partial charge in [0, 0.05) is 36.8 Å². The molecule has 2 fully saturated rings. The highest BCUT2D eigenvalue weighted by Crippen LogP contribution is 2.46. The van der Waals surface area contributed by atoms with Crippen molar-refractivity contribution in [3.8, 4) is 5.75 Å². The maximum atomic E-state index is 14.4. The summed E-state index contributed by atoms with van der Waals surface area (Å²) >= 11 is 0. The lowest BCUT2D eigenvalue weighted by Crippen LogP contribution is -2.73. The van der Waals surface area contributed by atoms with Crippen LogP contribution in [0.4, 0.5) is 0 Å². The van der Waals surface area contributed by atoms with E-state index in [-0.39, 0.29) is 57.4 Å². The minimum atomic E-state index is -1.12. The molecule has 0 spiro atoms. The molecule has 1 unspecified atom stereocenters. The summed E-state index contributed by atoms with van der Waals surface area (Å²) in [7, 11) is 4.48. The lowest BCUT2D eigenvalue weighted by atomic mass is 9.75. The smallest absolute Gasteiger partial charge is 0.320 e. The van der Waals surface area contributed by atoms with Gasteiger partial charge in [-0.2, -0.15) is 0 Å². The van der Waals surface area contributed by atoms with E-state index in [1.54, 1.807) is 0 Å². The highest BCUT2D eigenvalue weighted by atomic mass is 16.6. The van der Waals surface area contributed by atoms with Gasteiger partial charge in [0.15, 0.2) is 5.92 Å². The van der Waals surface area contributed by atoms with Gasteiger partial charge >= 0.3 is 11.9 Å². The van der Waals surface area contributed by atoms with Gasteiger partial charge in [-0.3, -0.25) is 14.5 Å². The van der Waals surface area contributed by atoms with Crippen LogP contribution in [-0.4, -0.2) is 81.4 Å². The molecule has 2 saturated heterocycles.